The summed E-state index contributed by atoms with van der Waals surface area (Å²) >= 11 is 0. The molecule has 2 rings (SSSR count). The molecule has 0 radical (unpaired) electrons. The van der Waals surface area contributed by atoms with E-state index in [0.717, 1.165) is 5.56 Å². The molecule has 5 heteroatoms. The van der Waals surface area contributed by atoms with Gasteiger partial charge in [0.05, 0.1) is 0 Å². The van der Waals surface area contributed by atoms with Crippen LogP contribution < -0.4 is 9.05 Å². The summed E-state index contributed by atoms with van der Waals surface area (Å²) in [6, 6.07) is 16.0. The van der Waals surface area contributed by atoms with Crippen molar-refractivity contribution in [2.45, 2.75) is 6.92 Å². The van der Waals surface area contributed by atoms with E-state index in [1.54, 1.807) is 36.4 Å². The highest BCUT2D eigenvalue weighted by Gasteiger charge is 2.28. The van der Waals surface area contributed by atoms with Gasteiger partial charge in [0.15, 0.2) is 0 Å². The van der Waals surface area contributed by atoms with Crippen LogP contribution in [0.3, 0.4) is 0 Å². The van der Waals surface area contributed by atoms with Crippen molar-refractivity contribution < 1.29 is 18.1 Å². The first-order chi connectivity index (χ1) is 9.11. The first-order valence-electron chi connectivity index (χ1n) is 5.78. The fraction of sp³-hybridized carbons (Fsp3) is 0.143. The maximum Gasteiger partial charge on any atom is 0.587 e. The average Bonchev–Trinajstić information content (AvgIpc) is 2.40. The lowest BCUT2D eigenvalue weighted by atomic mass is 10.2. The summed E-state index contributed by atoms with van der Waals surface area (Å²) in [5.41, 5.74) is 1.000. The van der Waals surface area contributed by atoms with Crippen LogP contribution >= 0.6 is 7.82 Å². The summed E-state index contributed by atoms with van der Waals surface area (Å²) in [4.78, 5) is 0. The monoisotopic (exact) mass is 278 g/mol. The lowest BCUT2D eigenvalue weighted by Crippen LogP contribution is -2.02. The van der Waals surface area contributed by atoms with Crippen LogP contribution in [0.2, 0.25) is 0 Å². The molecule has 100 valence electrons. The van der Waals surface area contributed by atoms with Crippen molar-refractivity contribution in [3.05, 3.63) is 60.2 Å². The van der Waals surface area contributed by atoms with Gasteiger partial charge in [0.25, 0.3) is 0 Å². The van der Waals surface area contributed by atoms with Gasteiger partial charge >= 0.3 is 7.82 Å². The van der Waals surface area contributed by atoms with Crippen LogP contribution in [0.25, 0.3) is 0 Å². The van der Waals surface area contributed by atoms with Crippen LogP contribution in [0.15, 0.2) is 54.6 Å². The van der Waals surface area contributed by atoms with Crippen molar-refractivity contribution in [2.24, 2.45) is 0 Å². The molecule has 1 atom stereocenters. The molecule has 0 amide bonds. The Bertz CT molecular complexity index is 583. The molecule has 0 saturated carbocycles. The minimum absolute atomic E-state index is 0.431. The molecule has 0 bridgehead atoms. The van der Waals surface area contributed by atoms with E-state index < -0.39 is 7.82 Å². The number of rotatable bonds is 5. The third kappa shape index (κ3) is 3.85. The predicted molar refractivity (Wildman–Crippen MR) is 73.5 cm³/mol. The van der Waals surface area contributed by atoms with Gasteiger partial charge < -0.3 is 9.05 Å². The maximum absolute atomic E-state index is 12.4. The molecule has 0 spiro atoms. The minimum atomic E-state index is -3.66. The van der Waals surface area contributed by atoms with Crippen LogP contribution in [0.1, 0.15) is 5.56 Å². The van der Waals surface area contributed by atoms with E-state index in [4.69, 9.17) is 13.6 Å². The number of phosphoric acid groups is 1. The molecule has 0 aliphatic heterocycles. The molecule has 0 aliphatic rings. The summed E-state index contributed by atoms with van der Waals surface area (Å²) in [7, 11) is -2.37. The largest absolute Gasteiger partial charge is 0.587 e. The normalized spacial score (nSPS) is 13.6. The highest BCUT2D eigenvalue weighted by molar-refractivity contribution is 7.49. The van der Waals surface area contributed by atoms with Crippen molar-refractivity contribution >= 4 is 7.82 Å². The van der Waals surface area contributed by atoms with E-state index >= 15 is 0 Å². The molecular weight excluding hydrogens is 263 g/mol. The fourth-order valence-electron chi connectivity index (χ4n) is 1.50. The number of benzene rings is 2. The van der Waals surface area contributed by atoms with E-state index in [1.165, 1.54) is 7.11 Å². The van der Waals surface area contributed by atoms with E-state index in [0.29, 0.717) is 11.5 Å². The quantitative estimate of drug-likeness (QED) is 0.768. The van der Waals surface area contributed by atoms with Crippen molar-refractivity contribution in [2.75, 3.05) is 7.11 Å². The van der Waals surface area contributed by atoms with Gasteiger partial charge in [-0.2, -0.15) is 0 Å². The van der Waals surface area contributed by atoms with Gasteiger partial charge in [-0.15, -0.1) is 0 Å². The van der Waals surface area contributed by atoms with Crippen molar-refractivity contribution in [1.29, 1.82) is 0 Å². The van der Waals surface area contributed by atoms with Gasteiger partial charge in [-0.25, -0.2) is 4.57 Å². The van der Waals surface area contributed by atoms with Gasteiger partial charge in [-0.1, -0.05) is 30.3 Å². The van der Waals surface area contributed by atoms with Gasteiger partial charge in [0, 0.05) is 7.11 Å². The number of para-hydroxylation sites is 1. The third-order valence-electron chi connectivity index (χ3n) is 2.39. The Morgan fingerprint density at radius 2 is 1.53 bits per heavy atom. The Balaban J connectivity index is 2.16. The maximum atomic E-state index is 12.4. The summed E-state index contributed by atoms with van der Waals surface area (Å²) < 4.78 is 27.9. The van der Waals surface area contributed by atoms with Gasteiger partial charge in [0.1, 0.15) is 11.5 Å². The number of phosphoric ester groups is 1. The fourth-order valence-corrected chi connectivity index (χ4v) is 2.44. The number of hydrogen-bond donors (Lipinski definition) is 0. The molecule has 4 nitrogen and oxygen atoms in total. The highest BCUT2D eigenvalue weighted by atomic mass is 31.2. The zero-order valence-electron chi connectivity index (χ0n) is 10.8. The highest BCUT2D eigenvalue weighted by Crippen LogP contribution is 2.48. The van der Waals surface area contributed by atoms with Crippen molar-refractivity contribution in [1.82, 2.24) is 0 Å². The second-order valence-electron chi connectivity index (χ2n) is 3.94. The molecule has 0 saturated heterocycles. The molecule has 0 heterocycles. The van der Waals surface area contributed by atoms with Crippen LogP contribution in [-0.2, 0) is 9.09 Å². The van der Waals surface area contributed by atoms with Gasteiger partial charge in [-0.3, -0.25) is 4.52 Å². The number of aryl methyl sites for hydroxylation is 1. The lowest BCUT2D eigenvalue weighted by molar-refractivity contribution is 0.250. The smallest absolute Gasteiger partial charge is 0.395 e. The third-order valence-corrected chi connectivity index (χ3v) is 3.71. The van der Waals surface area contributed by atoms with Gasteiger partial charge in [0.2, 0.25) is 0 Å². The molecule has 0 N–H and O–H groups in total. The molecule has 1 unspecified atom stereocenters. The van der Waals surface area contributed by atoms with Gasteiger partial charge in [-0.05, 0) is 36.8 Å². The van der Waals surface area contributed by atoms with Crippen LogP contribution in [0.4, 0.5) is 0 Å². The molecule has 0 fully saturated rings. The summed E-state index contributed by atoms with van der Waals surface area (Å²) in [5.74, 6) is 0.876. The first kappa shape index (κ1) is 13.7. The molecule has 19 heavy (non-hydrogen) atoms. The Labute approximate surface area is 112 Å². The lowest BCUT2D eigenvalue weighted by Gasteiger charge is -2.17. The molecule has 2 aromatic rings. The van der Waals surface area contributed by atoms with Crippen LogP contribution in [0, 0.1) is 6.92 Å². The van der Waals surface area contributed by atoms with E-state index in [-0.39, 0.29) is 0 Å². The second-order valence-corrected chi connectivity index (χ2v) is 5.57. The molecule has 0 aliphatic carbocycles. The zero-order valence-corrected chi connectivity index (χ0v) is 11.7. The second kappa shape index (κ2) is 5.91. The Kier molecular flexibility index (Phi) is 4.25. The summed E-state index contributed by atoms with van der Waals surface area (Å²) in [6.07, 6.45) is 0. The Hall–Kier alpha value is -1.77. The summed E-state index contributed by atoms with van der Waals surface area (Å²) in [6.45, 7) is 1.92. The molecule has 2 aromatic carbocycles. The average molecular weight is 278 g/mol. The number of hydrogen-bond acceptors (Lipinski definition) is 4. The topological polar surface area (TPSA) is 44.8 Å². The molecule has 0 aromatic heterocycles. The predicted octanol–water partition coefficient (Wildman–Crippen LogP) is 4.21. The molecular formula is C14H15O4P. The summed E-state index contributed by atoms with van der Waals surface area (Å²) in [5, 5.41) is 0. The Morgan fingerprint density at radius 3 is 2.16 bits per heavy atom. The Morgan fingerprint density at radius 1 is 0.895 bits per heavy atom. The van der Waals surface area contributed by atoms with Crippen molar-refractivity contribution in [3.8, 4) is 11.5 Å². The van der Waals surface area contributed by atoms with Crippen molar-refractivity contribution in [3.63, 3.8) is 0 Å². The minimum Gasteiger partial charge on any atom is -0.395 e. The van der Waals surface area contributed by atoms with Crippen LogP contribution in [0.5, 0.6) is 11.5 Å². The first-order valence-corrected chi connectivity index (χ1v) is 7.24. The van der Waals surface area contributed by atoms with E-state index in [1.807, 2.05) is 25.1 Å². The standard InChI is InChI=1S/C14H15O4P/c1-12-7-6-10-14(11-12)18-19(15,16-2)17-13-8-4-3-5-9-13/h3-11H,1-2H3. The van der Waals surface area contributed by atoms with Crippen LogP contribution in [-0.4, -0.2) is 7.11 Å². The SMILES string of the molecule is COP(=O)(Oc1ccccc1)Oc1cccc(C)c1. The van der Waals surface area contributed by atoms with E-state index in [2.05, 4.69) is 0 Å². The van der Waals surface area contributed by atoms with E-state index in [9.17, 15) is 4.57 Å². The zero-order chi connectivity index (χ0) is 13.7.